The van der Waals surface area contributed by atoms with E-state index in [1.54, 1.807) is 24.4 Å². The standard InChI is InChI=1S/C24H21N3O2/c28-23(21-17-26-22-13-7-8-16-27(22)24(21)29)25-15-14-20(18-9-3-1-4-10-18)19-11-5-2-6-12-19/h1-13,16-17,20H,14-15H2,(H,25,28). The maximum absolute atomic E-state index is 12.6. The maximum atomic E-state index is 12.6. The second kappa shape index (κ2) is 8.52. The number of carbonyl (C=O) groups excluding carboxylic acids is 1. The third kappa shape index (κ3) is 4.09. The van der Waals surface area contributed by atoms with E-state index < -0.39 is 5.91 Å². The number of hydrogen-bond acceptors (Lipinski definition) is 3. The van der Waals surface area contributed by atoms with Crippen LogP contribution in [0.5, 0.6) is 0 Å². The topological polar surface area (TPSA) is 63.5 Å². The van der Waals surface area contributed by atoms with E-state index in [0.717, 1.165) is 6.42 Å². The van der Waals surface area contributed by atoms with Gasteiger partial charge < -0.3 is 5.32 Å². The van der Waals surface area contributed by atoms with E-state index in [9.17, 15) is 9.59 Å². The predicted octanol–water partition coefficient (Wildman–Crippen LogP) is 3.65. The Balaban J connectivity index is 1.50. The van der Waals surface area contributed by atoms with E-state index >= 15 is 0 Å². The SMILES string of the molecule is O=C(NCCC(c1ccccc1)c1ccccc1)c1cnc2ccccn2c1=O. The van der Waals surface area contributed by atoms with Gasteiger partial charge in [0.05, 0.1) is 0 Å². The van der Waals surface area contributed by atoms with Crippen LogP contribution < -0.4 is 10.9 Å². The molecule has 4 aromatic rings. The molecule has 1 N–H and O–H groups in total. The summed E-state index contributed by atoms with van der Waals surface area (Å²) >= 11 is 0. The Morgan fingerprint density at radius 1 is 0.897 bits per heavy atom. The molecule has 5 heteroatoms. The summed E-state index contributed by atoms with van der Waals surface area (Å²) in [7, 11) is 0. The lowest BCUT2D eigenvalue weighted by molar-refractivity contribution is 0.0950. The van der Waals surface area contributed by atoms with Crippen molar-refractivity contribution < 1.29 is 4.79 Å². The average molecular weight is 383 g/mol. The largest absolute Gasteiger partial charge is 0.352 e. The smallest absolute Gasteiger partial charge is 0.270 e. The molecule has 0 saturated heterocycles. The molecule has 0 aliphatic heterocycles. The summed E-state index contributed by atoms with van der Waals surface area (Å²) in [6, 6.07) is 25.7. The Bertz CT molecular complexity index is 1130. The second-order valence-electron chi connectivity index (χ2n) is 6.82. The number of carbonyl (C=O) groups is 1. The molecule has 5 nitrogen and oxygen atoms in total. The molecule has 4 rings (SSSR count). The molecular formula is C24H21N3O2. The number of rotatable bonds is 6. The molecule has 0 spiro atoms. The highest BCUT2D eigenvalue weighted by molar-refractivity contribution is 5.93. The molecule has 0 saturated carbocycles. The first kappa shape index (κ1) is 18.6. The van der Waals surface area contributed by atoms with Crippen molar-refractivity contribution in [2.75, 3.05) is 6.54 Å². The molecule has 29 heavy (non-hydrogen) atoms. The van der Waals surface area contributed by atoms with Crippen LogP contribution in [0.4, 0.5) is 0 Å². The van der Waals surface area contributed by atoms with Crippen molar-refractivity contribution in [1.29, 1.82) is 0 Å². The van der Waals surface area contributed by atoms with Crippen LogP contribution in [-0.4, -0.2) is 21.8 Å². The van der Waals surface area contributed by atoms with Gasteiger partial charge in [-0.2, -0.15) is 0 Å². The molecule has 0 bridgehead atoms. The molecule has 2 aromatic carbocycles. The van der Waals surface area contributed by atoms with Crippen molar-refractivity contribution >= 4 is 11.6 Å². The minimum atomic E-state index is -0.402. The minimum absolute atomic E-state index is 0.0460. The molecule has 144 valence electrons. The summed E-state index contributed by atoms with van der Waals surface area (Å²) in [4.78, 5) is 29.4. The fourth-order valence-corrected chi connectivity index (χ4v) is 3.50. The van der Waals surface area contributed by atoms with Crippen LogP contribution in [0.3, 0.4) is 0 Å². The van der Waals surface area contributed by atoms with Gasteiger partial charge in [-0.25, -0.2) is 4.98 Å². The molecule has 2 aromatic heterocycles. The van der Waals surface area contributed by atoms with Gasteiger partial charge in [-0.3, -0.25) is 14.0 Å². The average Bonchev–Trinajstić information content (AvgIpc) is 2.78. The Morgan fingerprint density at radius 2 is 1.52 bits per heavy atom. The van der Waals surface area contributed by atoms with Gasteiger partial charge in [-0.15, -0.1) is 0 Å². The Hall–Kier alpha value is -3.73. The van der Waals surface area contributed by atoms with Crippen molar-refractivity contribution in [2.45, 2.75) is 12.3 Å². The fraction of sp³-hybridized carbons (Fsp3) is 0.125. The monoisotopic (exact) mass is 383 g/mol. The lowest BCUT2D eigenvalue weighted by Gasteiger charge is -2.18. The van der Waals surface area contributed by atoms with Gasteiger partial charge in [0.25, 0.3) is 11.5 Å². The van der Waals surface area contributed by atoms with Crippen molar-refractivity contribution in [3.63, 3.8) is 0 Å². The van der Waals surface area contributed by atoms with Crippen LogP contribution >= 0.6 is 0 Å². The first-order valence-corrected chi connectivity index (χ1v) is 9.58. The maximum Gasteiger partial charge on any atom is 0.270 e. The highest BCUT2D eigenvalue weighted by Gasteiger charge is 2.16. The van der Waals surface area contributed by atoms with Crippen LogP contribution in [-0.2, 0) is 0 Å². The number of benzene rings is 2. The van der Waals surface area contributed by atoms with Gasteiger partial charge >= 0.3 is 0 Å². The van der Waals surface area contributed by atoms with Crippen molar-refractivity contribution in [3.05, 3.63) is 118 Å². The van der Waals surface area contributed by atoms with E-state index in [-0.39, 0.29) is 17.0 Å². The summed E-state index contributed by atoms with van der Waals surface area (Å²) in [5.41, 5.74) is 2.59. The zero-order valence-corrected chi connectivity index (χ0v) is 15.9. The number of pyridine rings is 1. The fourth-order valence-electron chi connectivity index (χ4n) is 3.50. The normalized spacial score (nSPS) is 10.9. The van der Waals surface area contributed by atoms with Crippen molar-refractivity contribution in [1.82, 2.24) is 14.7 Å². The van der Waals surface area contributed by atoms with Crippen LogP contribution in [0, 0.1) is 0 Å². The third-order valence-electron chi connectivity index (χ3n) is 4.98. The first-order valence-electron chi connectivity index (χ1n) is 9.58. The van der Waals surface area contributed by atoms with E-state index in [2.05, 4.69) is 34.6 Å². The van der Waals surface area contributed by atoms with E-state index in [1.807, 2.05) is 36.4 Å². The molecular weight excluding hydrogens is 362 g/mol. The van der Waals surface area contributed by atoms with Gasteiger partial charge in [0, 0.05) is 24.9 Å². The minimum Gasteiger partial charge on any atom is -0.352 e. The number of nitrogens with one attached hydrogen (secondary N) is 1. The highest BCUT2D eigenvalue weighted by atomic mass is 16.2. The molecule has 0 aliphatic rings. The van der Waals surface area contributed by atoms with Gasteiger partial charge in [-0.05, 0) is 29.7 Å². The molecule has 0 atom stereocenters. The Morgan fingerprint density at radius 3 is 2.17 bits per heavy atom. The van der Waals surface area contributed by atoms with E-state index in [0.29, 0.717) is 12.2 Å². The van der Waals surface area contributed by atoms with E-state index in [4.69, 9.17) is 0 Å². The summed E-state index contributed by atoms with van der Waals surface area (Å²) < 4.78 is 1.38. The van der Waals surface area contributed by atoms with Crippen LogP contribution in [0.1, 0.15) is 33.8 Å². The first-order chi connectivity index (χ1) is 14.2. The zero-order valence-electron chi connectivity index (χ0n) is 15.9. The lowest BCUT2D eigenvalue weighted by Crippen LogP contribution is -2.32. The number of hydrogen-bond donors (Lipinski definition) is 1. The quantitative estimate of drug-likeness (QED) is 0.553. The van der Waals surface area contributed by atoms with E-state index in [1.165, 1.54) is 21.7 Å². The molecule has 2 heterocycles. The number of nitrogens with zero attached hydrogens (tertiary/aromatic N) is 2. The van der Waals surface area contributed by atoms with Gasteiger partial charge in [0.15, 0.2) is 0 Å². The van der Waals surface area contributed by atoms with Crippen LogP contribution in [0.15, 0.2) is 96.1 Å². The Kier molecular flexibility index (Phi) is 5.47. The molecule has 0 aliphatic carbocycles. The van der Waals surface area contributed by atoms with Gasteiger partial charge in [0.2, 0.25) is 0 Å². The predicted molar refractivity (Wildman–Crippen MR) is 113 cm³/mol. The number of fused-ring (bicyclic) bond motifs is 1. The second-order valence-corrected chi connectivity index (χ2v) is 6.82. The van der Waals surface area contributed by atoms with Gasteiger partial charge in [-0.1, -0.05) is 66.7 Å². The van der Waals surface area contributed by atoms with Crippen LogP contribution in [0.25, 0.3) is 5.65 Å². The Labute approximate surface area is 168 Å². The lowest BCUT2D eigenvalue weighted by atomic mass is 9.88. The zero-order chi connectivity index (χ0) is 20.1. The van der Waals surface area contributed by atoms with Crippen LogP contribution in [0.2, 0.25) is 0 Å². The molecule has 0 fully saturated rings. The molecule has 0 unspecified atom stereocenters. The number of aromatic nitrogens is 2. The summed E-state index contributed by atoms with van der Waals surface area (Å²) in [5, 5.41) is 2.88. The van der Waals surface area contributed by atoms with Crippen molar-refractivity contribution in [2.24, 2.45) is 0 Å². The molecule has 1 amide bonds. The third-order valence-corrected chi connectivity index (χ3v) is 4.98. The highest BCUT2D eigenvalue weighted by Crippen LogP contribution is 2.27. The molecule has 0 radical (unpaired) electrons. The van der Waals surface area contributed by atoms with Crippen molar-refractivity contribution in [3.8, 4) is 0 Å². The summed E-state index contributed by atoms with van der Waals surface area (Å²) in [6.07, 6.45) is 3.68. The summed E-state index contributed by atoms with van der Waals surface area (Å²) in [5.74, 6) is -0.242. The number of amides is 1. The summed E-state index contributed by atoms with van der Waals surface area (Å²) in [6.45, 7) is 0.449. The van der Waals surface area contributed by atoms with Gasteiger partial charge in [0.1, 0.15) is 11.2 Å².